The molecule has 1 atom stereocenters. The smallest absolute Gasteiger partial charge is 0.143 e. The van der Waals surface area contributed by atoms with Crippen molar-refractivity contribution < 1.29 is 0 Å². The number of hydrogen-bond acceptors (Lipinski definition) is 4. The van der Waals surface area contributed by atoms with Gasteiger partial charge in [-0.25, -0.2) is 9.97 Å². The third-order valence-electron chi connectivity index (χ3n) is 3.49. The molecule has 1 saturated heterocycles. The predicted molar refractivity (Wildman–Crippen MR) is 70.9 cm³/mol. The maximum absolute atomic E-state index is 4.25. The normalized spacial score (nSPS) is 25.1. The van der Waals surface area contributed by atoms with Gasteiger partial charge in [0.05, 0.1) is 4.47 Å². The zero-order valence-electron chi connectivity index (χ0n) is 9.77. The number of hydrogen-bond donors (Lipinski definition) is 1. The Morgan fingerprint density at radius 1 is 1.41 bits per heavy atom. The fraction of sp³-hybridized carbons (Fsp3) is 0.667. The number of likely N-dealkylation sites (tertiary alicyclic amines) is 1. The standard InChI is InChI=1S/C12H17BrN4/c13-11-5-14-8-15-12(11)16-10-3-4-17(7-10)6-9-1-2-9/h5,8-10H,1-4,6-7H2,(H,14,15,16). The molecule has 0 amide bonds. The zero-order valence-corrected chi connectivity index (χ0v) is 11.4. The molecule has 1 saturated carbocycles. The molecular formula is C12H17BrN4. The molecular weight excluding hydrogens is 280 g/mol. The van der Waals surface area contributed by atoms with Crippen LogP contribution in [0.4, 0.5) is 5.82 Å². The van der Waals surface area contributed by atoms with Crippen LogP contribution in [0.3, 0.4) is 0 Å². The van der Waals surface area contributed by atoms with Gasteiger partial charge in [-0.05, 0) is 41.1 Å². The van der Waals surface area contributed by atoms with Gasteiger partial charge in [-0.2, -0.15) is 0 Å². The summed E-state index contributed by atoms with van der Waals surface area (Å²) in [6, 6.07) is 0.528. The molecule has 0 spiro atoms. The summed E-state index contributed by atoms with van der Waals surface area (Å²) in [5.74, 6) is 1.90. The van der Waals surface area contributed by atoms with Crippen LogP contribution in [0.15, 0.2) is 17.0 Å². The van der Waals surface area contributed by atoms with Crippen LogP contribution in [0.1, 0.15) is 19.3 Å². The maximum atomic E-state index is 4.25. The van der Waals surface area contributed by atoms with E-state index in [1.807, 2.05) is 0 Å². The second-order valence-corrected chi connectivity index (χ2v) is 5.91. The Morgan fingerprint density at radius 3 is 3.06 bits per heavy atom. The molecule has 1 aromatic heterocycles. The summed E-state index contributed by atoms with van der Waals surface area (Å²) < 4.78 is 0.945. The number of aromatic nitrogens is 2. The number of rotatable bonds is 4. The van der Waals surface area contributed by atoms with Crippen molar-refractivity contribution in [1.29, 1.82) is 0 Å². The summed E-state index contributed by atoms with van der Waals surface area (Å²) in [6.45, 7) is 3.66. The van der Waals surface area contributed by atoms with Crippen molar-refractivity contribution >= 4 is 21.7 Å². The van der Waals surface area contributed by atoms with Crippen LogP contribution in [-0.2, 0) is 0 Å². The van der Waals surface area contributed by atoms with Gasteiger partial charge in [0.1, 0.15) is 12.1 Å². The second-order valence-electron chi connectivity index (χ2n) is 5.05. The minimum atomic E-state index is 0.528. The molecule has 0 radical (unpaired) electrons. The third-order valence-corrected chi connectivity index (χ3v) is 4.07. The summed E-state index contributed by atoms with van der Waals surface area (Å²) >= 11 is 3.47. The van der Waals surface area contributed by atoms with E-state index in [4.69, 9.17) is 0 Å². The van der Waals surface area contributed by atoms with Crippen LogP contribution in [0.2, 0.25) is 0 Å². The fourth-order valence-corrected chi connectivity index (χ4v) is 2.73. The maximum Gasteiger partial charge on any atom is 0.143 e. The molecule has 92 valence electrons. The highest BCUT2D eigenvalue weighted by molar-refractivity contribution is 9.10. The molecule has 0 aromatic carbocycles. The van der Waals surface area contributed by atoms with Crippen molar-refractivity contribution in [2.75, 3.05) is 25.0 Å². The SMILES string of the molecule is Brc1cncnc1NC1CCN(CC2CC2)C1. The van der Waals surface area contributed by atoms with Gasteiger partial charge >= 0.3 is 0 Å². The van der Waals surface area contributed by atoms with Gasteiger partial charge in [0.15, 0.2) is 0 Å². The highest BCUT2D eigenvalue weighted by Gasteiger charge is 2.29. The van der Waals surface area contributed by atoms with E-state index >= 15 is 0 Å². The molecule has 1 N–H and O–H groups in total. The predicted octanol–water partition coefficient (Wildman–Crippen LogP) is 2.14. The highest BCUT2D eigenvalue weighted by Crippen LogP contribution is 2.31. The average molecular weight is 297 g/mol. The first kappa shape index (κ1) is 11.4. The Bertz CT molecular complexity index is 394. The van der Waals surface area contributed by atoms with Gasteiger partial charge in [-0.3, -0.25) is 0 Å². The Morgan fingerprint density at radius 2 is 2.29 bits per heavy atom. The molecule has 17 heavy (non-hydrogen) atoms. The van der Waals surface area contributed by atoms with Crippen molar-refractivity contribution in [3.63, 3.8) is 0 Å². The molecule has 3 rings (SSSR count). The van der Waals surface area contributed by atoms with E-state index in [1.54, 1.807) is 12.5 Å². The van der Waals surface area contributed by atoms with E-state index in [1.165, 1.54) is 32.4 Å². The topological polar surface area (TPSA) is 41.1 Å². The average Bonchev–Trinajstić information content (AvgIpc) is 3.02. The van der Waals surface area contributed by atoms with E-state index in [9.17, 15) is 0 Å². The molecule has 0 bridgehead atoms. The van der Waals surface area contributed by atoms with E-state index in [0.29, 0.717) is 6.04 Å². The number of halogens is 1. The lowest BCUT2D eigenvalue weighted by Crippen LogP contribution is -2.28. The molecule has 2 fully saturated rings. The largest absolute Gasteiger partial charge is 0.365 e. The van der Waals surface area contributed by atoms with Crippen LogP contribution in [0.5, 0.6) is 0 Å². The Hall–Kier alpha value is -0.680. The summed E-state index contributed by atoms with van der Waals surface area (Å²) in [5, 5.41) is 3.49. The molecule has 1 aliphatic heterocycles. The van der Waals surface area contributed by atoms with Crippen LogP contribution in [0.25, 0.3) is 0 Å². The minimum absolute atomic E-state index is 0.528. The van der Waals surface area contributed by atoms with E-state index in [2.05, 4.69) is 36.1 Å². The van der Waals surface area contributed by atoms with Gasteiger partial charge in [0.25, 0.3) is 0 Å². The summed E-state index contributed by atoms with van der Waals surface area (Å²) in [7, 11) is 0. The lowest BCUT2D eigenvalue weighted by molar-refractivity contribution is 0.322. The van der Waals surface area contributed by atoms with Gasteiger partial charge < -0.3 is 10.2 Å². The van der Waals surface area contributed by atoms with Crippen molar-refractivity contribution in [2.24, 2.45) is 5.92 Å². The number of nitrogens with zero attached hydrogens (tertiary/aromatic N) is 3. The molecule has 2 aliphatic rings. The van der Waals surface area contributed by atoms with E-state index in [0.717, 1.165) is 22.8 Å². The second kappa shape index (κ2) is 4.90. The van der Waals surface area contributed by atoms with Crippen molar-refractivity contribution in [1.82, 2.24) is 14.9 Å². The Balaban J connectivity index is 1.54. The van der Waals surface area contributed by atoms with Crippen LogP contribution < -0.4 is 5.32 Å². The molecule has 1 aromatic rings. The molecule has 2 heterocycles. The van der Waals surface area contributed by atoms with Crippen LogP contribution in [-0.4, -0.2) is 40.5 Å². The molecule has 5 heteroatoms. The molecule has 1 aliphatic carbocycles. The first-order valence-electron chi connectivity index (χ1n) is 6.25. The Labute approximate surface area is 110 Å². The quantitative estimate of drug-likeness (QED) is 0.924. The summed E-state index contributed by atoms with van der Waals surface area (Å²) in [4.78, 5) is 10.8. The van der Waals surface area contributed by atoms with Gasteiger partial charge in [-0.15, -0.1) is 0 Å². The Kier molecular flexibility index (Phi) is 3.29. The number of nitrogens with one attached hydrogen (secondary N) is 1. The van der Waals surface area contributed by atoms with E-state index < -0.39 is 0 Å². The first-order chi connectivity index (χ1) is 8.31. The molecule has 1 unspecified atom stereocenters. The zero-order chi connectivity index (χ0) is 11.7. The fourth-order valence-electron chi connectivity index (χ4n) is 2.39. The lowest BCUT2D eigenvalue weighted by atomic mass is 10.2. The third kappa shape index (κ3) is 2.96. The van der Waals surface area contributed by atoms with Crippen molar-refractivity contribution in [2.45, 2.75) is 25.3 Å². The van der Waals surface area contributed by atoms with E-state index in [-0.39, 0.29) is 0 Å². The van der Waals surface area contributed by atoms with Crippen LogP contribution in [0, 0.1) is 5.92 Å². The molecule has 4 nitrogen and oxygen atoms in total. The number of anilines is 1. The van der Waals surface area contributed by atoms with Crippen molar-refractivity contribution in [3.8, 4) is 0 Å². The highest BCUT2D eigenvalue weighted by atomic mass is 79.9. The summed E-state index contributed by atoms with van der Waals surface area (Å²) in [6.07, 6.45) is 7.46. The minimum Gasteiger partial charge on any atom is -0.365 e. The monoisotopic (exact) mass is 296 g/mol. The van der Waals surface area contributed by atoms with Crippen LogP contribution >= 0.6 is 15.9 Å². The van der Waals surface area contributed by atoms with Gasteiger partial charge in [0, 0.05) is 31.9 Å². The van der Waals surface area contributed by atoms with Gasteiger partial charge in [0.2, 0.25) is 0 Å². The summed E-state index contributed by atoms with van der Waals surface area (Å²) in [5.41, 5.74) is 0. The van der Waals surface area contributed by atoms with Gasteiger partial charge in [-0.1, -0.05) is 0 Å². The lowest BCUT2D eigenvalue weighted by Gasteiger charge is -2.16. The first-order valence-corrected chi connectivity index (χ1v) is 7.05. The van der Waals surface area contributed by atoms with Crippen molar-refractivity contribution in [3.05, 3.63) is 17.0 Å².